The van der Waals surface area contributed by atoms with Gasteiger partial charge in [-0.05, 0) is 115 Å². The number of fused-ring (bicyclic) bond motifs is 3. The smallest absolute Gasteiger partial charge is 0.119 e. The third kappa shape index (κ3) is 4.56. The molecule has 3 aliphatic heterocycles. The van der Waals surface area contributed by atoms with Crippen LogP contribution in [0.4, 0.5) is 0 Å². The molecule has 5 rings (SSSR count). The van der Waals surface area contributed by atoms with Gasteiger partial charge >= 0.3 is 0 Å². The van der Waals surface area contributed by atoms with Crippen molar-refractivity contribution in [1.82, 2.24) is 9.80 Å². The molecule has 3 heterocycles. The first kappa shape index (κ1) is 20.8. The molecule has 4 heteroatoms. The van der Waals surface area contributed by atoms with E-state index in [-0.39, 0.29) is 0 Å². The van der Waals surface area contributed by atoms with E-state index >= 15 is 0 Å². The number of benzene rings is 2. The molecule has 0 spiro atoms. The molecule has 0 amide bonds. The Balaban J connectivity index is 1.30. The lowest BCUT2D eigenvalue weighted by molar-refractivity contribution is 0.204. The molecule has 0 radical (unpaired) electrons. The van der Waals surface area contributed by atoms with Crippen LogP contribution in [0.1, 0.15) is 67.2 Å². The summed E-state index contributed by atoms with van der Waals surface area (Å²) in [4.78, 5) is 5.30. The van der Waals surface area contributed by atoms with E-state index in [0.29, 0.717) is 12.0 Å². The average molecular weight is 516 g/mol. The lowest BCUT2D eigenvalue weighted by Gasteiger charge is -2.37. The van der Waals surface area contributed by atoms with Gasteiger partial charge in [0.25, 0.3) is 0 Å². The maximum absolute atomic E-state index is 6.23. The largest absolute Gasteiger partial charge is 0.494 e. The third-order valence-electron chi connectivity index (χ3n) is 7.16. The highest BCUT2D eigenvalue weighted by Crippen LogP contribution is 2.45. The highest BCUT2D eigenvalue weighted by Gasteiger charge is 2.36. The van der Waals surface area contributed by atoms with Gasteiger partial charge in [-0.15, -0.1) is 0 Å². The summed E-state index contributed by atoms with van der Waals surface area (Å²) in [5.41, 5.74) is 4.47. The molecule has 2 aromatic carbocycles. The second kappa shape index (κ2) is 9.58. The number of nitrogens with zero attached hydrogens (tertiary/aromatic N) is 2. The molecule has 0 unspecified atom stereocenters. The molecule has 30 heavy (non-hydrogen) atoms. The molecule has 0 bridgehead atoms. The molecule has 0 saturated carbocycles. The van der Waals surface area contributed by atoms with Gasteiger partial charge in [-0.3, -0.25) is 4.90 Å². The molecule has 0 aromatic heterocycles. The van der Waals surface area contributed by atoms with Crippen LogP contribution in [0.15, 0.2) is 42.5 Å². The van der Waals surface area contributed by atoms with E-state index in [9.17, 15) is 0 Å². The van der Waals surface area contributed by atoms with Gasteiger partial charge < -0.3 is 9.64 Å². The van der Waals surface area contributed by atoms with Crippen LogP contribution in [0.5, 0.6) is 5.75 Å². The predicted octanol–water partition coefficient (Wildman–Crippen LogP) is 5.83. The van der Waals surface area contributed by atoms with Gasteiger partial charge in [-0.2, -0.15) is 0 Å². The van der Waals surface area contributed by atoms with Crippen LogP contribution in [-0.4, -0.2) is 49.1 Å². The summed E-state index contributed by atoms with van der Waals surface area (Å²) in [6.07, 6.45) is 7.85. The van der Waals surface area contributed by atoms with Gasteiger partial charge in [-0.1, -0.05) is 24.6 Å². The first-order valence-corrected chi connectivity index (χ1v) is 12.8. The third-order valence-corrected chi connectivity index (χ3v) is 7.83. The summed E-state index contributed by atoms with van der Waals surface area (Å²) >= 11 is 2.44. The van der Waals surface area contributed by atoms with Crippen molar-refractivity contribution in [2.24, 2.45) is 0 Å². The number of ether oxygens (including phenoxy) is 1. The van der Waals surface area contributed by atoms with Crippen molar-refractivity contribution in [3.8, 4) is 5.75 Å². The van der Waals surface area contributed by atoms with E-state index < -0.39 is 0 Å². The Morgan fingerprint density at radius 1 is 0.933 bits per heavy atom. The van der Waals surface area contributed by atoms with Gasteiger partial charge in [0, 0.05) is 28.6 Å². The highest BCUT2D eigenvalue weighted by molar-refractivity contribution is 14.1. The van der Waals surface area contributed by atoms with E-state index in [2.05, 4.69) is 74.9 Å². The van der Waals surface area contributed by atoms with Gasteiger partial charge in [0.05, 0.1) is 6.61 Å². The molecule has 0 N–H and O–H groups in total. The molecule has 2 aromatic rings. The molecule has 0 aliphatic carbocycles. The van der Waals surface area contributed by atoms with E-state index in [1.807, 2.05) is 0 Å². The summed E-state index contributed by atoms with van der Waals surface area (Å²) < 4.78 is 7.55. The van der Waals surface area contributed by atoms with Gasteiger partial charge in [-0.25, -0.2) is 0 Å². The van der Waals surface area contributed by atoms with Gasteiger partial charge in [0.1, 0.15) is 5.75 Å². The Morgan fingerprint density at radius 3 is 2.70 bits per heavy atom. The monoisotopic (exact) mass is 516 g/mol. The van der Waals surface area contributed by atoms with Crippen LogP contribution >= 0.6 is 22.6 Å². The predicted molar refractivity (Wildman–Crippen MR) is 131 cm³/mol. The van der Waals surface area contributed by atoms with Crippen molar-refractivity contribution in [1.29, 1.82) is 0 Å². The summed E-state index contributed by atoms with van der Waals surface area (Å²) in [6.45, 7) is 6.92. The molecule has 3 nitrogen and oxygen atoms in total. The molecule has 2 fully saturated rings. The first-order valence-electron chi connectivity index (χ1n) is 11.8. The van der Waals surface area contributed by atoms with Crippen molar-refractivity contribution in [3.63, 3.8) is 0 Å². The van der Waals surface area contributed by atoms with Crippen LogP contribution in [-0.2, 0) is 0 Å². The number of piperidine rings is 1. The molecular weight excluding hydrogens is 483 g/mol. The number of hydrogen-bond donors (Lipinski definition) is 0. The van der Waals surface area contributed by atoms with E-state index in [1.165, 1.54) is 78.5 Å². The van der Waals surface area contributed by atoms with Gasteiger partial charge in [0.15, 0.2) is 0 Å². The van der Waals surface area contributed by atoms with Crippen LogP contribution in [0, 0.1) is 3.57 Å². The normalized spacial score (nSPS) is 24.4. The molecule has 160 valence electrons. The minimum absolute atomic E-state index is 0.470. The quantitative estimate of drug-likeness (QED) is 0.355. The zero-order chi connectivity index (χ0) is 20.3. The van der Waals surface area contributed by atoms with Gasteiger partial charge in [0.2, 0.25) is 0 Å². The second-order valence-electron chi connectivity index (χ2n) is 9.16. The van der Waals surface area contributed by atoms with Crippen molar-refractivity contribution < 1.29 is 4.74 Å². The zero-order valence-corrected chi connectivity index (χ0v) is 20.0. The summed E-state index contributed by atoms with van der Waals surface area (Å²) in [6, 6.07) is 16.6. The Hall–Kier alpha value is -1.11. The van der Waals surface area contributed by atoms with Crippen LogP contribution in [0.2, 0.25) is 0 Å². The Labute approximate surface area is 194 Å². The Kier molecular flexibility index (Phi) is 6.63. The fraction of sp³-hybridized carbons (Fsp3) is 0.538. The first-order chi connectivity index (χ1) is 14.8. The fourth-order valence-electron chi connectivity index (χ4n) is 5.65. The average Bonchev–Trinajstić information content (AvgIpc) is 3.26. The Morgan fingerprint density at radius 2 is 1.83 bits per heavy atom. The summed E-state index contributed by atoms with van der Waals surface area (Å²) in [5, 5.41) is 0. The van der Waals surface area contributed by atoms with Crippen molar-refractivity contribution >= 4 is 22.6 Å². The number of rotatable bonds is 6. The fourth-order valence-corrected chi connectivity index (χ4v) is 6.21. The SMILES string of the molecule is Ic1cccc([C@H]2CN3CCC[C@@H]3c3cc(OCCCN4CCCCC4)ccc32)c1. The standard InChI is InChI=1S/C26H33IN2O/c27-21-8-4-7-20(17-21)25-19-29-15-5-9-26(29)24-18-22(10-11-23(24)25)30-16-6-14-28-12-2-1-3-13-28/h4,7-8,10-11,17-18,25-26H,1-3,5-6,9,12-16,19H2/t25-,26-/m1/s1. The minimum atomic E-state index is 0.470. The zero-order valence-electron chi connectivity index (χ0n) is 17.9. The topological polar surface area (TPSA) is 15.7 Å². The number of likely N-dealkylation sites (tertiary alicyclic amines) is 1. The van der Waals surface area contributed by atoms with E-state index in [1.54, 1.807) is 0 Å². The second-order valence-corrected chi connectivity index (χ2v) is 10.4. The number of halogens is 1. The highest BCUT2D eigenvalue weighted by atomic mass is 127. The van der Waals surface area contributed by atoms with Crippen molar-refractivity contribution in [2.45, 2.75) is 50.5 Å². The molecular formula is C26H33IN2O. The summed E-state index contributed by atoms with van der Waals surface area (Å²) in [5.74, 6) is 1.53. The Bertz CT molecular complexity index is 864. The van der Waals surface area contributed by atoms with E-state index in [4.69, 9.17) is 4.74 Å². The van der Waals surface area contributed by atoms with Crippen molar-refractivity contribution in [3.05, 3.63) is 62.7 Å². The minimum Gasteiger partial charge on any atom is -0.494 e. The molecule has 2 saturated heterocycles. The van der Waals surface area contributed by atoms with Crippen molar-refractivity contribution in [2.75, 3.05) is 39.3 Å². The van der Waals surface area contributed by atoms with Crippen LogP contribution in [0.3, 0.4) is 0 Å². The maximum Gasteiger partial charge on any atom is 0.119 e. The molecule has 3 aliphatic rings. The van der Waals surface area contributed by atoms with Crippen LogP contribution < -0.4 is 4.74 Å². The lowest BCUT2D eigenvalue weighted by Crippen LogP contribution is -2.34. The maximum atomic E-state index is 6.23. The van der Waals surface area contributed by atoms with E-state index in [0.717, 1.165) is 25.3 Å². The number of hydrogen-bond acceptors (Lipinski definition) is 3. The van der Waals surface area contributed by atoms with Crippen LogP contribution in [0.25, 0.3) is 0 Å². The summed E-state index contributed by atoms with van der Waals surface area (Å²) in [7, 11) is 0. The molecule has 2 atom stereocenters. The lowest BCUT2D eigenvalue weighted by atomic mass is 9.81.